The number of carboxylic acid groups (broad SMARTS) is 1. The average Bonchev–Trinajstić information content (AvgIpc) is 2.76. The molecule has 0 bridgehead atoms. The van der Waals surface area contributed by atoms with E-state index in [2.05, 4.69) is 4.98 Å². The number of halogens is 1. The first kappa shape index (κ1) is 21.2. The van der Waals surface area contributed by atoms with E-state index in [-0.39, 0.29) is 24.1 Å². The van der Waals surface area contributed by atoms with Crippen molar-refractivity contribution < 1.29 is 23.8 Å². The minimum absolute atomic E-state index is 0.142. The molecular weight excluding hydrogens is 411 g/mol. The van der Waals surface area contributed by atoms with E-state index >= 15 is 0 Å². The van der Waals surface area contributed by atoms with Crippen molar-refractivity contribution in [1.82, 2.24) is 9.97 Å². The van der Waals surface area contributed by atoms with Crippen LogP contribution in [0.4, 0.5) is 9.18 Å². The number of aryl methyl sites for hydroxylation is 2. The van der Waals surface area contributed by atoms with E-state index in [1.54, 1.807) is 19.1 Å². The van der Waals surface area contributed by atoms with Crippen LogP contribution in [-0.4, -0.2) is 21.2 Å². The molecule has 0 unspecified atom stereocenters. The third-order valence-electron chi connectivity index (χ3n) is 5.10. The van der Waals surface area contributed by atoms with Gasteiger partial charge in [0.2, 0.25) is 5.75 Å². The third kappa shape index (κ3) is 4.67. The zero-order valence-corrected chi connectivity index (χ0v) is 17.6. The molecule has 0 fully saturated rings. The second kappa shape index (κ2) is 9.01. The Bertz CT molecular complexity index is 1280. The van der Waals surface area contributed by atoms with Crippen molar-refractivity contribution in [2.45, 2.75) is 26.9 Å². The van der Waals surface area contributed by atoms with Crippen LogP contribution in [0.5, 0.6) is 11.6 Å². The maximum absolute atomic E-state index is 13.2. The summed E-state index contributed by atoms with van der Waals surface area (Å²) in [7, 11) is 0. The van der Waals surface area contributed by atoms with Crippen molar-refractivity contribution in [2.24, 2.45) is 0 Å². The Morgan fingerprint density at radius 1 is 0.969 bits per heavy atom. The molecule has 0 radical (unpaired) electrons. The van der Waals surface area contributed by atoms with E-state index in [4.69, 9.17) is 19.6 Å². The molecule has 32 heavy (non-hydrogen) atoms. The molecule has 0 aliphatic heterocycles. The summed E-state index contributed by atoms with van der Waals surface area (Å²) in [5.41, 5.74) is 4.61. The number of pyridine rings is 2. The summed E-state index contributed by atoms with van der Waals surface area (Å²) < 4.78 is 24.1. The molecule has 7 heteroatoms. The highest BCUT2D eigenvalue weighted by molar-refractivity contribution is 5.89. The first-order valence-corrected chi connectivity index (χ1v) is 10.0. The van der Waals surface area contributed by atoms with E-state index in [0.29, 0.717) is 17.6 Å². The van der Waals surface area contributed by atoms with E-state index in [9.17, 15) is 9.18 Å². The van der Waals surface area contributed by atoms with Gasteiger partial charge in [-0.1, -0.05) is 42.5 Å². The Balaban J connectivity index is 1.77. The molecule has 2 aromatic carbocycles. The minimum Gasteiger partial charge on any atom is -0.481 e. The summed E-state index contributed by atoms with van der Waals surface area (Å²) in [6.45, 7) is 3.83. The van der Waals surface area contributed by atoms with Crippen molar-refractivity contribution in [2.75, 3.05) is 0 Å². The van der Waals surface area contributed by atoms with Gasteiger partial charge in [-0.25, -0.2) is 19.2 Å². The largest absolute Gasteiger partial charge is 0.512 e. The second-order valence-electron chi connectivity index (χ2n) is 7.41. The number of rotatable bonds is 6. The monoisotopic (exact) mass is 432 g/mol. The fourth-order valence-electron chi connectivity index (χ4n) is 3.47. The maximum atomic E-state index is 13.2. The van der Waals surface area contributed by atoms with Gasteiger partial charge < -0.3 is 14.6 Å². The lowest BCUT2D eigenvalue weighted by atomic mass is 10.0. The molecule has 0 amide bonds. The van der Waals surface area contributed by atoms with Crippen LogP contribution in [0.15, 0.2) is 60.7 Å². The zero-order chi connectivity index (χ0) is 22.7. The van der Waals surface area contributed by atoms with Crippen LogP contribution in [-0.2, 0) is 13.0 Å². The van der Waals surface area contributed by atoms with Crippen LogP contribution in [0.2, 0.25) is 0 Å². The Kier molecular flexibility index (Phi) is 5.98. The number of fused-ring (bicyclic) bond motifs is 1. The summed E-state index contributed by atoms with van der Waals surface area (Å²) in [6, 6.07) is 17.8. The van der Waals surface area contributed by atoms with Gasteiger partial charge in [0.15, 0.2) is 0 Å². The van der Waals surface area contributed by atoms with Gasteiger partial charge in [-0.2, -0.15) is 0 Å². The summed E-state index contributed by atoms with van der Waals surface area (Å²) in [4.78, 5) is 20.3. The van der Waals surface area contributed by atoms with Gasteiger partial charge in [0, 0.05) is 11.1 Å². The van der Waals surface area contributed by atoms with Gasteiger partial charge in [-0.3, -0.25) is 0 Å². The van der Waals surface area contributed by atoms with E-state index in [0.717, 1.165) is 27.8 Å². The van der Waals surface area contributed by atoms with E-state index in [1.165, 1.54) is 12.1 Å². The quantitative estimate of drug-likeness (QED) is 0.399. The number of hydrogen-bond donors (Lipinski definition) is 1. The Morgan fingerprint density at radius 2 is 1.69 bits per heavy atom. The van der Waals surface area contributed by atoms with Crippen molar-refractivity contribution in [3.63, 3.8) is 0 Å². The van der Waals surface area contributed by atoms with Gasteiger partial charge in [0.1, 0.15) is 17.9 Å². The van der Waals surface area contributed by atoms with Gasteiger partial charge >= 0.3 is 6.16 Å². The summed E-state index contributed by atoms with van der Waals surface area (Å²) in [5, 5.41) is 9.89. The van der Waals surface area contributed by atoms with Gasteiger partial charge in [-0.15, -0.1) is 0 Å². The Morgan fingerprint density at radius 3 is 2.38 bits per heavy atom. The second-order valence-corrected chi connectivity index (χ2v) is 7.41. The first-order chi connectivity index (χ1) is 15.4. The Hall–Kier alpha value is -4.00. The molecule has 4 aromatic rings. The Labute approximate surface area is 184 Å². The van der Waals surface area contributed by atoms with Gasteiger partial charge in [0.05, 0.1) is 5.69 Å². The molecule has 0 aliphatic rings. The third-order valence-corrected chi connectivity index (χ3v) is 5.10. The maximum Gasteiger partial charge on any atom is 0.512 e. The molecule has 0 saturated heterocycles. The van der Waals surface area contributed by atoms with Crippen LogP contribution < -0.4 is 9.47 Å². The molecule has 0 saturated carbocycles. The molecule has 0 aliphatic carbocycles. The number of carbonyl (C=O) groups is 1. The van der Waals surface area contributed by atoms with Gasteiger partial charge in [0.25, 0.3) is 5.88 Å². The first-order valence-electron chi connectivity index (χ1n) is 10.0. The molecule has 0 spiro atoms. The smallest absolute Gasteiger partial charge is 0.481 e. The number of hydrogen-bond acceptors (Lipinski definition) is 5. The number of aromatic nitrogens is 2. The minimum atomic E-state index is -1.48. The topological polar surface area (TPSA) is 81.5 Å². The van der Waals surface area contributed by atoms with Crippen LogP contribution >= 0.6 is 0 Å². The number of ether oxygens (including phenoxy) is 2. The molecule has 162 valence electrons. The molecular formula is C25H21FN2O4. The summed E-state index contributed by atoms with van der Waals surface area (Å²) in [5.74, 6) is -0.252. The highest BCUT2D eigenvalue weighted by atomic mass is 19.1. The molecule has 0 atom stereocenters. The normalized spacial score (nSPS) is 10.8. The predicted molar refractivity (Wildman–Crippen MR) is 118 cm³/mol. The number of benzene rings is 2. The van der Waals surface area contributed by atoms with Crippen molar-refractivity contribution in [1.29, 1.82) is 0 Å². The summed E-state index contributed by atoms with van der Waals surface area (Å²) >= 11 is 0. The SMILES string of the molecule is Cc1nc2c(OCc3ccccc3)c(OC(=O)O)nc(C)c2cc1Cc1ccc(F)cc1. The van der Waals surface area contributed by atoms with Crippen LogP contribution in [0.3, 0.4) is 0 Å². The van der Waals surface area contributed by atoms with E-state index < -0.39 is 6.16 Å². The van der Waals surface area contributed by atoms with Crippen molar-refractivity contribution in [3.8, 4) is 11.6 Å². The molecule has 6 nitrogen and oxygen atoms in total. The highest BCUT2D eigenvalue weighted by Gasteiger charge is 2.20. The lowest BCUT2D eigenvalue weighted by Crippen LogP contribution is -2.09. The predicted octanol–water partition coefficient (Wildman–Crippen LogP) is 5.61. The van der Waals surface area contributed by atoms with Gasteiger partial charge in [-0.05, 0) is 55.2 Å². The van der Waals surface area contributed by atoms with E-state index in [1.807, 2.05) is 43.3 Å². The molecule has 2 heterocycles. The molecule has 2 aromatic heterocycles. The lowest BCUT2D eigenvalue weighted by Gasteiger charge is -2.16. The fraction of sp³-hybridized carbons (Fsp3) is 0.160. The average molecular weight is 432 g/mol. The summed E-state index contributed by atoms with van der Waals surface area (Å²) in [6.07, 6.45) is -0.910. The fourth-order valence-corrected chi connectivity index (χ4v) is 3.47. The standard InChI is InChI=1S/C25H21FN2O4/c1-15-19(12-17-8-10-20(26)11-9-17)13-21-16(2)28-24(32-25(29)30)23(22(21)27-15)31-14-18-6-4-3-5-7-18/h3-11,13H,12,14H2,1-2H3,(H,29,30). The molecule has 1 N–H and O–H groups in total. The van der Waals surface area contributed by atoms with Crippen LogP contribution in [0, 0.1) is 19.7 Å². The molecule has 4 rings (SSSR count). The zero-order valence-electron chi connectivity index (χ0n) is 17.6. The number of nitrogens with zero attached hydrogens (tertiary/aromatic N) is 2. The van der Waals surface area contributed by atoms with Crippen LogP contribution in [0.25, 0.3) is 10.9 Å². The van der Waals surface area contributed by atoms with Crippen LogP contribution in [0.1, 0.15) is 28.1 Å². The highest BCUT2D eigenvalue weighted by Crippen LogP contribution is 2.36. The lowest BCUT2D eigenvalue weighted by molar-refractivity contribution is 0.139. The van der Waals surface area contributed by atoms with Crippen molar-refractivity contribution >= 4 is 17.1 Å². The van der Waals surface area contributed by atoms with Crippen molar-refractivity contribution in [3.05, 3.63) is 94.6 Å².